The summed E-state index contributed by atoms with van der Waals surface area (Å²) < 4.78 is 0. The second kappa shape index (κ2) is 16.3. The van der Waals surface area contributed by atoms with Gasteiger partial charge in [0.25, 0.3) is 0 Å². The summed E-state index contributed by atoms with van der Waals surface area (Å²) in [6.07, 6.45) is 33.7. The van der Waals surface area contributed by atoms with Crippen LogP contribution in [-0.4, -0.2) is 9.97 Å². The molecule has 0 aromatic carbocycles. The number of hydrogen-bond acceptors (Lipinski definition) is 2. The molecule has 0 N–H and O–H groups in total. The number of unbranched alkanes of at least 4 members (excludes halogenated alkanes) is 13. The van der Waals surface area contributed by atoms with Gasteiger partial charge in [0.2, 0.25) is 0 Å². The zero-order valence-corrected chi connectivity index (χ0v) is 22.4. The third-order valence-corrected chi connectivity index (χ3v) is 7.89. The van der Waals surface area contributed by atoms with Crippen LogP contribution >= 0.6 is 0 Å². The van der Waals surface area contributed by atoms with E-state index in [-0.39, 0.29) is 0 Å². The fourth-order valence-electron chi connectivity index (χ4n) is 5.75. The Labute approximate surface area is 211 Å². The molecule has 1 heterocycles. The standard InChI is InChI=1S/C32H51N2/c1-3-5-7-9-11-12-13-15-17-19-31-22-23-33-32(34-31)29-21-20-28-24-27(25-30(28)26-29)18-16-14-10-8-6-4-2/h20-23,27H,3-19,24-26H2,1-2H3. The summed E-state index contributed by atoms with van der Waals surface area (Å²) in [6.45, 7) is 4.59. The fourth-order valence-corrected chi connectivity index (χ4v) is 5.75. The Morgan fingerprint density at radius 2 is 1.38 bits per heavy atom. The van der Waals surface area contributed by atoms with Crippen LogP contribution in [0, 0.1) is 11.8 Å². The number of hydrogen-bond donors (Lipinski definition) is 0. The third-order valence-electron chi connectivity index (χ3n) is 7.89. The number of aryl methyl sites for hydroxylation is 1. The van der Waals surface area contributed by atoms with Gasteiger partial charge in [-0.1, -0.05) is 121 Å². The molecule has 1 atom stereocenters. The molecule has 1 aromatic rings. The lowest BCUT2D eigenvalue weighted by Crippen LogP contribution is -2.08. The molecule has 0 aliphatic heterocycles. The molecule has 2 nitrogen and oxygen atoms in total. The average molecular weight is 464 g/mol. The summed E-state index contributed by atoms with van der Waals surface area (Å²) >= 11 is 0. The van der Waals surface area contributed by atoms with Crippen molar-refractivity contribution < 1.29 is 0 Å². The molecule has 34 heavy (non-hydrogen) atoms. The van der Waals surface area contributed by atoms with Crippen LogP contribution in [0.1, 0.15) is 147 Å². The summed E-state index contributed by atoms with van der Waals surface area (Å²) in [5, 5.41) is 0. The summed E-state index contributed by atoms with van der Waals surface area (Å²) in [7, 11) is 0. The smallest absolute Gasteiger partial charge is 0.140 e. The second-order valence-electron chi connectivity index (χ2n) is 10.9. The monoisotopic (exact) mass is 463 g/mol. The first kappa shape index (κ1) is 27.2. The minimum absolute atomic E-state index is 0.874. The van der Waals surface area contributed by atoms with Crippen LogP contribution in [0.4, 0.5) is 0 Å². The van der Waals surface area contributed by atoms with Crippen molar-refractivity contribution in [3.63, 3.8) is 0 Å². The van der Waals surface area contributed by atoms with Gasteiger partial charge in [0, 0.05) is 11.9 Å². The highest BCUT2D eigenvalue weighted by Crippen LogP contribution is 2.42. The van der Waals surface area contributed by atoms with E-state index >= 15 is 0 Å². The predicted octanol–water partition coefficient (Wildman–Crippen LogP) is 9.89. The van der Waals surface area contributed by atoms with Crippen LogP contribution < -0.4 is 0 Å². The van der Waals surface area contributed by atoms with Crippen molar-refractivity contribution in [1.29, 1.82) is 0 Å². The Kier molecular flexibility index (Phi) is 13.0. The Bertz CT molecular complexity index is 747. The topological polar surface area (TPSA) is 25.8 Å². The van der Waals surface area contributed by atoms with Gasteiger partial charge in [-0.15, -0.1) is 0 Å². The van der Waals surface area contributed by atoms with E-state index in [0.717, 1.165) is 24.6 Å². The Morgan fingerprint density at radius 3 is 2.09 bits per heavy atom. The lowest BCUT2D eigenvalue weighted by atomic mass is 9.90. The summed E-state index contributed by atoms with van der Waals surface area (Å²) in [5.41, 5.74) is 4.51. The van der Waals surface area contributed by atoms with E-state index in [0.29, 0.717) is 0 Å². The van der Waals surface area contributed by atoms with E-state index < -0.39 is 0 Å². The van der Waals surface area contributed by atoms with E-state index in [1.54, 1.807) is 11.1 Å². The van der Waals surface area contributed by atoms with E-state index in [1.165, 1.54) is 127 Å². The first-order chi connectivity index (χ1) is 16.8. The molecule has 0 amide bonds. The SMILES string of the molecule is CCCCCCCCCCCc1ccnc([C]2C=CC3=C(C2)CC(CCCCCCCC)C3)n1. The van der Waals surface area contributed by atoms with Crippen molar-refractivity contribution in [1.82, 2.24) is 9.97 Å². The number of allylic oxidation sites excluding steroid dienone is 4. The number of nitrogens with zero attached hydrogens (tertiary/aromatic N) is 2. The molecule has 1 radical (unpaired) electrons. The second-order valence-corrected chi connectivity index (χ2v) is 10.9. The molecule has 0 saturated carbocycles. The Hall–Kier alpha value is -1.44. The van der Waals surface area contributed by atoms with Crippen molar-refractivity contribution >= 4 is 0 Å². The molecule has 0 bridgehead atoms. The lowest BCUT2D eigenvalue weighted by molar-refractivity contribution is 0.467. The molecule has 2 aliphatic rings. The number of rotatable bonds is 18. The van der Waals surface area contributed by atoms with Gasteiger partial charge in [-0.25, -0.2) is 9.97 Å². The van der Waals surface area contributed by atoms with Crippen molar-refractivity contribution in [3.05, 3.63) is 53.0 Å². The minimum atomic E-state index is 0.874. The Balaban J connectivity index is 1.33. The van der Waals surface area contributed by atoms with Gasteiger partial charge in [-0.05, 0) is 56.1 Å². The van der Waals surface area contributed by atoms with Gasteiger partial charge in [0.15, 0.2) is 0 Å². The Morgan fingerprint density at radius 1 is 0.735 bits per heavy atom. The first-order valence-electron chi connectivity index (χ1n) is 14.9. The number of aromatic nitrogens is 2. The summed E-state index contributed by atoms with van der Waals surface area (Å²) in [4.78, 5) is 9.61. The maximum absolute atomic E-state index is 4.96. The van der Waals surface area contributed by atoms with Gasteiger partial charge >= 0.3 is 0 Å². The van der Waals surface area contributed by atoms with E-state index in [9.17, 15) is 0 Å². The van der Waals surface area contributed by atoms with Gasteiger partial charge < -0.3 is 0 Å². The van der Waals surface area contributed by atoms with Gasteiger partial charge in [0.05, 0.1) is 5.92 Å². The highest BCUT2D eigenvalue weighted by Gasteiger charge is 2.28. The highest BCUT2D eigenvalue weighted by atomic mass is 14.9. The molecule has 0 saturated heterocycles. The molecule has 3 rings (SSSR count). The van der Waals surface area contributed by atoms with Crippen LogP contribution in [0.3, 0.4) is 0 Å². The third kappa shape index (κ3) is 9.67. The van der Waals surface area contributed by atoms with Crippen LogP contribution in [0.2, 0.25) is 0 Å². The lowest BCUT2D eigenvalue weighted by Gasteiger charge is -2.17. The predicted molar refractivity (Wildman–Crippen MR) is 147 cm³/mol. The zero-order chi connectivity index (χ0) is 23.8. The highest BCUT2D eigenvalue weighted by molar-refractivity contribution is 5.45. The largest absolute Gasteiger partial charge is 0.240 e. The van der Waals surface area contributed by atoms with Crippen LogP contribution in [0.25, 0.3) is 0 Å². The molecular formula is C32H51N2. The van der Waals surface area contributed by atoms with Crippen LogP contribution in [0.15, 0.2) is 35.6 Å². The van der Waals surface area contributed by atoms with Gasteiger partial charge in [0.1, 0.15) is 5.82 Å². The maximum atomic E-state index is 4.96. The summed E-state index contributed by atoms with van der Waals surface area (Å²) in [5.74, 6) is 3.17. The van der Waals surface area contributed by atoms with Crippen molar-refractivity contribution in [3.8, 4) is 0 Å². The van der Waals surface area contributed by atoms with E-state index in [2.05, 4.69) is 37.0 Å². The molecule has 2 aliphatic carbocycles. The van der Waals surface area contributed by atoms with Gasteiger partial charge in [-0.2, -0.15) is 0 Å². The molecule has 1 unspecified atom stereocenters. The molecular weight excluding hydrogens is 412 g/mol. The van der Waals surface area contributed by atoms with Crippen molar-refractivity contribution in [2.24, 2.45) is 5.92 Å². The van der Waals surface area contributed by atoms with E-state index in [4.69, 9.17) is 4.98 Å². The maximum Gasteiger partial charge on any atom is 0.140 e. The molecule has 0 fully saturated rings. The van der Waals surface area contributed by atoms with Crippen LogP contribution in [0.5, 0.6) is 0 Å². The van der Waals surface area contributed by atoms with E-state index in [1.807, 2.05) is 6.20 Å². The van der Waals surface area contributed by atoms with Crippen molar-refractivity contribution in [2.45, 2.75) is 142 Å². The minimum Gasteiger partial charge on any atom is -0.240 e. The van der Waals surface area contributed by atoms with Crippen molar-refractivity contribution in [2.75, 3.05) is 0 Å². The summed E-state index contributed by atoms with van der Waals surface area (Å²) in [6, 6.07) is 2.12. The fraction of sp³-hybridized carbons (Fsp3) is 0.719. The van der Waals surface area contributed by atoms with Crippen LogP contribution in [-0.2, 0) is 6.42 Å². The molecule has 1 aromatic heterocycles. The normalized spacial score (nSPS) is 18.1. The quantitative estimate of drug-likeness (QED) is 0.202. The molecule has 189 valence electrons. The van der Waals surface area contributed by atoms with Gasteiger partial charge in [-0.3, -0.25) is 0 Å². The molecule has 0 spiro atoms. The zero-order valence-electron chi connectivity index (χ0n) is 22.4. The average Bonchev–Trinajstić information content (AvgIpc) is 3.27. The molecule has 2 heteroatoms. The first-order valence-corrected chi connectivity index (χ1v) is 14.9.